The highest BCUT2D eigenvalue weighted by molar-refractivity contribution is 9.10. The van der Waals surface area contributed by atoms with Gasteiger partial charge < -0.3 is 9.80 Å². The molecule has 3 aromatic rings. The molecule has 0 radical (unpaired) electrons. The zero-order valence-electron chi connectivity index (χ0n) is 15.0. The van der Waals surface area contributed by atoms with Gasteiger partial charge in [-0.15, -0.1) is 6.58 Å². The van der Waals surface area contributed by atoms with Crippen molar-refractivity contribution in [3.63, 3.8) is 0 Å². The molecule has 3 heterocycles. The van der Waals surface area contributed by atoms with Crippen LogP contribution in [0.25, 0.3) is 0 Å². The topological polar surface area (TPSA) is 32.3 Å². The van der Waals surface area contributed by atoms with Gasteiger partial charge >= 0.3 is 0 Å². The molecule has 27 heavy (non-hydrogen) atoms. The largest absolute Gasteiger partial charge is 0.302 e. The second-order valence-corrected chi connectivity index (χ2v) is 7.93. The lowest BCUT2D eigenvalue weighted by molar-refractivity contribution is 0.408. The van der Waals surface area contributed by atoms with E-state index in [1.54, 1.807) is 12.4 Å². The van der Waals surface area contributed by atoms with Gasteiger partial charge in [0.1, 0.15) is 6.17 Å². The minimum absolute atomic E-state index is 0.0922. The molecule has 0 saturated carbocycles. The highest BCUT2D eigenvalue weighted by Gasteiger charge is 2.48. The zero-order chi connectivity index (χ0) is 18.5. The van der Waals surface area contributed by atoms with E-state index in [1.807, 2.05) is 6.07 Å². The molecule has 134 valence electrons. The zero-order valence-corrected chi connectivity index (χ0v) is 16.5. The molecule has 2 aromatic carbocycles. The molecule has 0 saturated heterocycles. The second-order valence-electron chi connectivity index (χ2n) is 7.02. The Bertz CT molecular complexity index is 1020. The summed E-state index contributed by atoms with van der Waals surface area (Å²) in [6.07, 6.45) is 5.70. The van der Waals surface area contributed by atoms with Gasteiger partial charge in [0.2, 0.25) is 0 Å². The normalized spacial score (nSPS) is 22.8. The SMILES string of the molecule is C=CC1c2ccc(Br)cc2N2c3nccnc3N(c3ccccc3)C2C1C. The number of rotatable bonds is 2. The Morgan fingerprint density at radius 2 is 1.70 bits per heavy atom. The number of fused-ring (bicyclic) bond motifs is 5. The Balaban J connectivity index is 1.79. The summed E-state index contributed by atoms with van der Waals surface area (Å²) in [6, 6.07) is 16.9. The van der Waals surface area contributed by atoms with Crippen LogP contribution in [0.5, 0.6) is 0 Å². The highest BCUT2D eigenvalue weighted by Crippen LogP contribution is 2.54. The average Bonchev–Trinajstić information content (AvgIpc) is 3.05. The number of halogens is 1. The lowest BCUT2D eigenvalue weighted by Crippen LogP contribution is -2.48. The number of hydrogen-bond acceptors (Lipinski definition) is 4. The third-order valence-corrected chi connectivity index (χ3v) is 6.08. The van der Waals surface area contributed by atoms with Gasteiger partial charge in [-0.1, -0.05) is 53.2 Å². The fraction of sp³-hybridized carbons (Fsp3) is 0.182. The molecule has 0 bridgehead atoms. The average molecular weight is 419 g/mol. The molecule has 5 heteroatoms. The Kier molecular flexibility index (Phi) is 3.79. The number of benzene rings is 2. The van der Waals surface area contributed by atoms with Crippen molar-refractivity contribution in [3.05, 3.63) is 83.6 Å². The van der Waals surface area contributed by atoms with Gasteiger partial charge in [0, 0.05) is 40.1 Å². The summed E-state index contributed by atoms with van der Waals surface area (Å²) in [7, 11) is 0. The standard InChI is InChI=1S/C22H19BrN4/c1-3-17-14(2)22-26(16-7-5-4-6-8-16)20-21(25-12-11-24-20)27(22)19-13-15(23)9-10-18(17)19/h3-14,17,22H,1H2,2H3. The van der Waals surface area contributed by atoms with Gasteiger partial charge in [0.15, 0.2) is 11.6 Å². The summed E-state index contributed by atoms with van der Waals surface area (Å²) in [6.45, 7) is 6.43. The van der Waals surface area contributed by atoms with Gasteiger partial charge in [-0.05, 0) is 29.8 Å². The molecule has 0 spiro atoms. The van der Waals surface area contributed by atoms with E-state index in [0.29, 0.717) is 5.92 Å². The summed E-state index contributed by atoms with van der Waals surface area (Å²) in [4.78, 5) is 14.1. The summed E-state index contributed by atoms with van der Waals surface area (Å²) in [5, 5.41) is 0. The van der Waals surface area contributed by atoms with E-state index in [4.69, 9.17) is 9.97 Å². The van der Waals surface area contributed by atoms with Crippen molar-refractivity contribution in [2.24, 2.45) is 5.92 Å². The number of para-hydroxylation sites is 1. The van der Waals surface area contributed by atoms with Crippen LogP contribution >= 0.6 is 15.9 Å². The second kappa shape index (κ2) is 6.20. The molecule has 1 aromatic heterocycles. The molecule has 0 amide bonds. The summed E-state index contributed by atoms with van der Waals surface area (Å²) in [5.41, 5.74) is 3.57. The molecule has 2 aliphatic heterocycles. The molecule has 3 unspecified atom stereocenters. The molecular weight excluding hydrogens is 400 g/mol. The predicted molar refractivity (Wildman–Crippen MR) is 113 cm³/mol. The van der Waals surface area contributed by atoms with Crippen molar-refractivity contribution in [2.75, 3.05) is 9.80 Å². The van der Waals surface area contributed by atoms with Gasteiger partial charge in [-0.3, -0.25) is 0 Å². The quantitative estimate of drug-likeness (QED) is 0.494. The number of nitrogens with zero attached hydrogens (tertiary/aromatic N) is 4. The van der Waals surface area contributed by atoms with E-state index in [-0.39, 0.29) is 12.1 Å². The molecule has 0 N–H and O–H groups in total. The van der Waals surface area contributed by atoms with Gasteiger partial charge in [0.05, 0.1) is 0 Å². The Labute approximate surface area is 167 Å². The van der Waals surface area contributed by atoms with Crippen molar-refractivity contribution >= 4 is 38.9 Å². The first-order chi connectivity index (χ1) is 13.2. The van der Waals surface area contributed by atoms with Crippen molar-refractivity contribution in [2.45, 2.75) is 19.0 Å². The Morgan fingerprint density at radius 1 is 1.00 bits per heavy atom. The molecule has 0 fully saturated rings. The maximum absolute atomic E-state index is 4.71. The Morgan fingerprint density at radius 3 is 2.41 bits per heavy atom. The van der Waals surface area contributed by atoms with E-state index in [2.05, 4.69) is 87.8 Å². The fourth-order valence-corrected chi connectivity index (χ4v) is 4.79. The van der Waals surface area contributed by atoms with E-state index >= 15 is 0 Å². The highest BCUT2D eigenvalue weighted by atomic mass is 79.9. The van der Waals surface area contributed by atoms with E-state index in [0.717, 1.165) is 27.5 Å². The first kappa shape index (κ1) is 16.5. The van der Waals surface area contributed by atoms with Crippen molar-refractivity contribution in [3.8, 4) is 0 Å². The molecule has 4 nitrogen and oxygen atoms in total. The predicted octanol–water partition coefficient (Wildman–Crippen LogP) is 5.77. The van der Waals surface area contributed by atoms with Crippen LogP contribution in [0.2, 0.25) is 0 Å². The maximum atomic E-state index is 4.71. The number of allylic oxidation sites excluding steroid dienone is 1. The van der Waals surface area contributed by atoms with Crippen LogP contribution in [-0.4, -0.2) is 16.1 Å². The molecular formula is C22H19BrN4. The van der Waals surface area contributed by atoms with Crippen LogP contribution in [-0.2, 0) is 0 Å². The first-order valence-corrected chi connectivity index (χ1v) is 9.86. The van der Waals surface area contributed by atoms with Crippen molar-refractivity contribution < 1.29 is 0 Å². The van der Waals surface area contributed by atoms with E-state index in [1.165, 1.54) is 5.56 Å². The van der Waals surface area contributed by atoms with Crippen molar-refractivity contribution in [1.82, 2.24) is 9.97 Å². The minimum Gasteiger partial charge on any atom is -0.302 e. The lowest BCUT2D eigenvalue weighted by Gasteiger charge is -2.44. The van der Waals surface area contributed by atoms with Crippen LogP contribution < -0.4 is 9.80 Å². The van der Waals surface area contributed by atoms with Gasteiger partial charge in [-0.2, -0.15) is 0 Å². The molecule has 3 atom stereocenters. The monoisotopic (exact) mass is 418 g/mol. The summed E-state index contributed by atoms with van der Waals surface area (Å²) >= 11 is 3.64. The molecule has 5 rings (SSSR count). The third kappa shape index (κ3) is 2.34. The maximum Gasteiger partial charge on any atom is 0.178 e. The van der Waals surface area contributed by atoms with Crippen LogP contribution in [0, 0.1) is 5.92 Å². The summed E-state index contributed by atoms with van der Waals surface area (Å²) < 4.78 is 1.06. The molecule has 2 aliphatic rings. The Hall–Kier alpha value is -2.66. The number of hydrogen-bond donors (Lipinski definition) is 0. The lowest BCUT2D eigenvalue weighted by atomic mass is 9.80. The van der Waals surface area contributed by atoms with Crippen LogP contribution in [0.4, 0.5) is 23.0 Å². The minimum atomic E-state index is 0.0922. The number of aromatic nitrogens is 2. The number of anilines is 4. The van der Waals surface area contributed by atoms with Crippen LogP contribution in [0.3, 0.4) is 0 Å². The smallest absolute Gasteiger partial charge is 0.178 e. The van der Waals surface area contributed by atoms with Crippen LogP contribution in [0.15, 0.2) is 78.1 Å². The van der Waals surface area contributed by atoms with E-state index < -0.39 is 0 Å². The fourth-order valence-electron chi connectivity index (χ4n) is 4.44. The van der Waals surface area contributed by atoms with Gasteiger partial charge in [-0.25, -0.2) is 9.97 Å². The van der Waals surface area contributed by atoms with E-state index in [9.17, 15) is 0 Å². The first-order valence-electron chi connectivity index (χ1n) is 9.07. The molecule has 0 aliphatic carbocycles. The summed E-state index contributed by atoms with van der Waals surface area (Å²) in [5.74, 6) is 2.37. The van der Waals surface area contributed by atoms with Crippen LogP contribution in [0.1, 0.15) is 18.4 Å². The third-order valence-electron chi connectivity index (χ3n) is 5.58. The van der Waals surface area contributed by atoms with Gasteiger partial charge in [0.25, 0.3) is 0 Å². The van der Waals surface area contributed by atoms with Crippen molar-refractivity contribution in [1.29, 1.82) is 0 Å².